The monoisotopic (exact) mass is 224 g/mol. The molecule has 0 saturated carbocycles. The third-order valence-corrected chi connectivity index (χ3v) is 4.11. The molecular formula is C15H16N2. The summed E-state index contributed by atoms with van der Waals surface area (Å²) in [5.41, 5.74) is 7.16. The number of hydrogen-bond acceptors (Lipinski definition) is 1. The van der Waals surface area contributed by atoms with Crippen LogP contribution in [0.4, 0.5) is 0 Å². The van der Waals surface area contributed by atoms with Crippen LogP contribution in [0.1, 0.15) is 35.4 Å². The minimum Gasteiger partial charge on any atom is -0.237 e. The summed E-state index contributed by atoms with van der Waals surface area (Å²) in [7, 11) is 0. The quantitative estimate of drug-likeness (QED) is 0.673. The fraction of sp³-hybridized carbons (Fsp3) is 0.400. The SMILES string of the molecule is c1ccc2c(c1)CCc1c3c(nn1-2)CCCC3. The van der Waals surface area contributed by atoms with Gasteiger partial charge in [0.2, 0.25) is 0 Å². The number of hydrogen-bond donors (Lipinski definition) is 0. The molecule has 2 heteroatoms. The second-order valence-electron chi connectivity index (χ2n) is 5.12. The lowest BCUT2D eigenvalue weighted by molar-refractivity contribution is 0.671. The molecule has 0 fully saturated rings. The zero-order valence-electron chi connectivity index (χ0n) is 9.95. The minimum atomic E-state index is 1.17. The van der Waals surface area contributed by atoms with Gasteiger partial charge in [-0.15, -0.1) is 0 Å². The van der Waals surface area contributed by atoms with Crippen molar-refractivity contribution in [2.24, 2.45) is 0 Å². The van der Waals surface area contributed by atoms with Crippen LogP contribution in [0.25, 0.3) is 5.69 Å². The van der Waals surface area contributed by atoms with Crippen molar-refractivity contribution in [3.63, 3.8) is 0 Å². The Morgan fingerprint density at radius 1 is 0.941 bits per heavy atom. The van der Waals surface area contributed by atoms with Gasteiger partial charge in [-0.3, -0.25) is 0 Å². The van der Waals surface area contributed by atoms with Gasteiger partial charge < -0.3 is 0 Å². The van der Waals surface area contributed by atoms with Gasteiger partial charge in [-0.1, -0.05) is 18.2 Å². The predicted octanol–water partition coefficient (Wildman–Crippen LogP) is 2.85. The molecule has 0 radical (unpaired) electrons. The lowest BCUT2D eigenvalue weighted by Gasteiger charge is -2.19. The molecular weight excluding hydrogens is 208 g/mol. The Kier molecular flexibility index (Phi) is 1.92. The molecule has 0 unspecified atom stereocenters. The molecule has 0 bridgehead atoms. The fourth-order valence-corrected chi connectivity index (χ4v) is 3.26. The first-order valence-corrected chi connectivity index (χ1v) is 6.61. The van der Waals surface area contributed by atoms with Gasteiger partial charge in [0.25, 0.3) is 0 Å². The van der Waals surface area contributed by atoms with Crippen molar-refractivity contribution in [1.29, 1.82) is 0 Å². The Hall–Kier alpha value is -1.57. The molecule has 2 aliphatic rings. The highest BCUT2D eigenvalue weighted by Crippen LogP contribution is 2.31. The maximum Gasteiger partial charge on any atom is 0.0681 e. The molecule has 1 aromatic carbocycles. The Balaban J connectivity index is 1.96. The van der Waals surface area contributed by atoms with E-state index in [1.54, 1.807) is 5.56 Å². The predicted molar refractivity (Wildman–Crippen MR) is 67.6 cm³/mol. The van der Waals surface area contributed by atoms with E-state index in [1.807, 2.05) is 0 Å². The molecule has 17 heavy (non-hydrogen) atoms. The lowest BCUT2D eigenvalue weighted by atomic mass is 9.92. The summed E-state index contributed by atoms with van der Waals surface area (Å²) in [5.74, 6) is 0. The third-order valence-electron chi connectivity index (χ3n) is 4.11. The van der Waals surface area contributed by atoms with E-state index in [4.69, 9.17) is 5.10 Å². The number of benzene rings is 1. The Labute approximate surface area is 101 Å². The summed E-state index contributed by atoms with van der Waals surface area (Å²) in [6, 6.07) is 8.69. The number of nitrogens with zero attached hydrogens (tertiary/aromatic N) is 2. The molecule has 4 rings (SSSR count). The van der Waals surface area contributed by atoms with E-state index in [-0.39, 0.29) is 0 Å². The first-order chi connectivity index (χ1) is 8.43. The number of fused-ring (bicyclic) bond motifs is 5. The summed E-state index contributed by atoms with van der Waals surface area (Å²) < 4.78 is 2.22. The van der Waals surface area contributed by atoms with E-state index in [0.29, 0.717) is 0 Å². The molecule has 0 saturated heterocycles. The molecule has 2 nitrogen and oxygen atoms in total. The summed E-state index contributed by atoms with van der Waals surface area (Å²) in [5, 5.41) is 4.85. The number of aryl methyl sites for hydroxylation is 2. The molecule has 0 N–H and O–H groups in total. The molecule has 2 heterocycles. The number of rotatable bonds is 0. The second-order valence-corrected chi connectivity index (χ2v) is 5.12. The van der Waals surface area contributed by atoms with Crippen molar-refractivity contribution >= 4 is 0 Å². The fourth-order valence-electron chi connectivity index (χ4n) is 3.26. The van der Waals surface area contributed by atoms with Gasteiger partial charge in [0.05, 0.1) is 11.4 Å². The highest BCUT2D eigenvalue weighted by atomic mass is 15.3. The number of aromatic nitrogens is 2. The van der Waals surface area contributed by atoms with Crippen molar-refractivity contribution in [3.8, 4) is 5.69 Å². The van der Waals surface area contributed by atoms with Crippen LogP contribution in [0.2, 0.25) is 0 Å². The van der Waals surface area contributed by atoms with Crippen molar-refractivity contribution in [3.05, 3.63) is 46.8 Å². The average molecular weight is 224 g/mol. The normalized spacial score (nSPS) is 17.2. The Morgan fingerprint density at radius 3 is 2.82 bits per heavy atom. The summed E-state index contributed by atoms with van der Waals surface area (Å²) >= 11 is 0. The zero-order valence-corrected chi connectivity index (χ0v) is 9.95. The van der Waals surface area contributed by atoms with E-state index in [1.165, 1.54) is 61.2 Å². The number of para-hydroxylation sites is 1. The van der Waals surface area contributed by atoms with Crippen LogP contribution in [-0.4, -0.2) is 9.78 Å². The van der Waals surface area contributed by atoms with Crippen LogP contribution in [0.5, 0.6) is 0 Å². The van der Waals surface area contributed by atoms with Crippen LogP contribution < -0.4 is 0 Å². The first-order valence-electron chi connectivity index (χ1n) is 6.61. The molecule has 0 amide bonds. The summed E-state index contributed by atoms with van der Waals surface area (Å²) in [6.07, 6.45) is 7.41. The topological polar surface area (TPSA) is 17.8 Å². The van der Waals surface area contributed by atoms with Crippen LogP contribution in [0.15, 0.2) is 24.3 Å². The molecule has 2 aromatic rings. The van der Waals surface area contributed by atoms with Crippen molar-refractivity contribution in [2.75, 3.05) is 0 Å². The van der Waals surface area contributed by atoms with E-state index < -0.39 is 0 Å². The molecule has 0 atom stereocenters. The smallest absolute Gasteiger partial charge is 0.0681 e. The van der Waals surface area contributed by atoms with Crippen molar-refractivity contribution < 1.29 is 0 Å². The Morgan fingerprint density at radius 2 is 1.82 bits per heavy atom. The lowest BCUT2D eigenvalue weighted by Crippen LogP contribution is -2.13. The van der Waals surface area contributed by atoms with Crippen LogP contribution in [0.3, 0.4) is 0 Å². The van der Waals surface area contributed by atoms with E-state index in [0.717, 1.165) is 0 Å². The van der Waals surface area contributed by atoms with E-state index >= 15 is 0 Å². The van der Waals surface area contributed by atoms with Crippen molar-refractivity contribution in [2.45, 2.75) is 38.5 Å². The van der Waals surface area contributed by atoms with Gasteiger partial charge in [-0.2, -0.15) is 5.10 Å². The highest BCUT2D eigenvalue weighted by molar-refractivity contribution is 5.47. The first kappa shape index (κ1) is 9.46. The zero-order chi connectivity index (χ0) is 11.2. The van der Waals surface area contributed by atoms with Crippen LogP contribution >= 0.6 is 0 Å². The maximum absolute atomic E-state index is 4.85. The van der Waals surface area contributed by atoms with Gasteiger partial charge >= 0.3 is 0 Å². The van der Waals surface area contributed by atoms with Gasteiger partial charge in [0.15, 0.2) is 0 Å². The van der Waals surface area contributed by atoms with Gasteiger partial charge in [0.1, 0.15) is 0 Å². The van der Waals surface area contributed by atoms with Crippen molar-refractivity contribution in [1.82, 2.24) is 9.78 Å². The van der Waals surface area contributed by atoms with Crippen LogP contribution in [-0.2, 0) is 25.7 Å². The largest absolute Gasteiger partial charge is 0.237 e. The average Bonchev–Trinajstić information content (AvgIpc) is 2.78. The molecule has 1 aliphatic carbocycles. The van der Waals surface area contributed by atoms with E-state index in [9.17, 15) is 0 Å². The molecule has 0 spiro atoms. The minimum absolute atomic E-state index is 1.17. The standard InChI is InChI=1S/C15H16N2/c1-4-8-14-11(5-1)9-10-15-12-6-2-3-7-13(12)16-17(14)15/h1,4-5,8H,2-3,6-7,9-10H2. The van der Waals surface area contributed by atoms with Gasteiger partial charge in [-0.05, 0) is 55.7 Å². The van der Waals surface area contributed by atoms with Gasteiger partial charge in [0, 0.05) is 5.69 Å². The van der Waals surface area contributed by atoms with Crippen LogP contribution in [0, 0.1) is 0 Å². The summed E-state index contributed by atoms with van der Waals surface area (Å²) in [6.45, 7) is 0. The molecule has 1 aliphatic heterocycles. The highest BCUT2D eigenvalue weighted by Gasteiger charge is 2.24. The maximum atomic E-state index is 4.85. The second kappa shape index (κ2) is 3.46. The van der Waals surface area contributed by atoms with Gasteiger partial charge in [-0.25, -0.2) is 4.68 Å². The molecule has 1 aromatic heterocycles. The third kappa shape index (κ3) is 1.30. The summed E-state index contributed by atoms with van der Waals surface area (Å²) in [4.78, 5) is 0. The van der Waals surface area contributed by atoms with E-state index in [2.05, 4.69) is 28.9 Å². The molecule has 86 valence electrons. The Bertz CT molecular complexity index is 581.